The van der Waals surface area contributed by atoms with E-state index in [4.69, 9.17) is 16.3 Å². The number of nitrogens with zero attached hydrogens (tertiary/aromatic N) is 3. The van der Waals surface area contributed by atoms with Crippen molar-refractivity contribution in [3.05, 3.63) is 47.6 Å². The van der Waals surface area contributed by atoms with Gasteiger partial charge in [-0.1, -0.05) is 17.7 Å². The summed E-state index contributed by atoms with van der Waals surface area (Å²) in [4.78, 5) is 32.8. The summed E-state index contributed by atoms with van der Waals surface area (Å²) in [6, 6.07) is 10.7. The molecule has 2 aromatic rings. The highest BCUT2D eigenvalue weighted by molar-refractivity contribution is 6.32. The topological polar surface area (TPSA) is 74.8 Å². The van der Waals surface area contributed by atoms with Crippen LogP contribution in [0.15, 0.2) is 42.6 Å². The third-order valence-corrected chi connectivity index (χ3v) is 6.12. The molecule has 0 radical (unpaired) electrons. The molecule has 2 atom stereocenters. The first kappa shape index (κ1) is 21.4. The van der Waals surface area contributed by atoms with Crippen LogP contribution in [0, 0.1) is 0 Å². The summed E-state index contributed by atoms with van der Waals surface area (Å²) in [5.41, 5.74) is 0.595. The molecule has 2 fully saturated rings. The van der Waals surface area contributed by atoms with Gasteiger partial charge in [0.2, 0.25) is 11.8 Å². The molecule has 1 aromatic heterocycles. The highest BCUT2D eigenvalue weighted by Gasteiger charge is 2.30. The van der Waals surface area contributed by atoms with Crippen LogP contribution in [0.2, 0.25) is 5.02 Å². The lowest BCUT2D eigenvalue weighted by Crippen LogP contribution is -2.49. The summed E-state index contributed by atoms with van der Waals surface area (Å²) in [5.74, 6) is 1.29. The van der Waals surface area contributed by atoms with Gasteiger partial charge in [0.15, 0.2) is 0 Å². The van der Waals surface area contributed by atoms with E-state index in [0.29, 0.717) is 29.4 Å². The van der Waals surface area contributed by atoms with Gasteiger partial charge in [-0.15, -0.1) is 0 Å². The average Bonchev–Trinajstić information content (AvgIpc) is 3.25. The van der Waals surface area contributed by atoms with Crippen LogP contribution < -0.4 is 15.0 Å². The minimum Gasteiger partial charge on any atom is -0.487 e. The maximum absolute atomic E-state index is 12.7. The van der Waals surface area contributed by atoms with E-state index in [-0.39, 0.29) is 17.9 Å². The number of ether oxygens (including phenoxy) is 1. The molecular weight excluding hydrogens is 416 g/mol. The van der Waals surface area contributed by atoms with Crippen LogP contribution in [0.25, 0.3) is 0 Å². The van der Waals surface area contributed by atoms with Gasteiger partial charge in [-0.2, -0.15) is 0 Å². The van der Waals surface area contributed by atoms with Gasteiger partial charge in [0.1, 0.15) is 23.7 Å². The molecule has 2 saturated heterocycles. The number of anilines is 2. The standard InChI is InChI=1S/C23H27ClN4O3/c1-16(29)28-12-5-3-6-20(28)23(30)26-17-8-9-21(19(24)14-17)31-18-10-13-27(15-18)22-7-2-4-11-25-22/h2,4,7-9,11,14,18,20H,3,5-6,10,12-13,15H2,1H3,(H,26,30)/t18-,20+/m0/s1. The number of hydrogen-bond donors (Lipinski definition) is 1. The number of carbonyl (C=O) groups is 2. The van der Waals surface area contributed by atoms with Crippen molar-refractivity contribution in [1.29, 1.82) is 0 Å². The lowest BCUT2D eigenvalue weighted by atomic mass is 10.0. The Morgan fingerprint density at radius 3 is 2.77 bits per heavy atom. The fourth-order valence-corrected chi connectivity index (χ4v) is 4.46. The minimum absolute atomic E-state index is 0.0197. The molecule has 2 aliphatic rings. The van der Waals surface area contributed by atoms with E-state index in [1.807, 2.05) is 18.2 Å². The van der Waals surface area contributed by atoms with Gasteiger partial charge in [-0.25, -0.2) is 4.98 Å². The fraction of sp³-hybridized carbons (Fsp3) is 0.435. The number of pyridine rings is 1. The number of aromatic nitrogens is 1. The van der Waals surface area contributed by atoms with Gasteiger partial charge in [0, 0.05) is 38.3 Å². The van der Waals surface area contributed by atoms with Crippen LogP contribution in [0.5, 0.6) is 5.75 Å². The molecular formula is C23H27ClN4O3. The highest BCUT2D eigenvalue weighted by atomic mass is 35.5. The summed E-state index contributed by atoms with van der Waals surface area (Å²) in [5, 5.41) is 3.34. The van der Waals surface area contributed by atoms with Crippen molar-refractivity contribution >= 4 is 34.9 Å². The van der Waals surface area contributed by atoms with Gasteiger partial charge in [-0.3, -0.25) is 9.59 Å². The highest BCUT2D eigenvalue weighted by Crippen LogP contribution is 2.31. The predicted molar refractivity (Wildman–Crippen MR) is 121 cm³/mol. The Labute approximate surface area is 187 Å². The number of nitrogens with one attached hydrogen (secondary N) is 1. The second-order valence-corrected chi connectivity index (χ2v) is 8.43. The molecule has 0 aliphatic carbocycles. The normalized spacial score (nSPS) is 21.1. The lowest BCUT2D eigenvalue weighted by molar-refractivity contribution is -0.138. The van der Waals surface area contributed by atoms with Gasteiger partial charge >= 0.3 is 0 Å². The summed E-state index contributed by atoms with van der Waals surface area (Å²) in [6.07, 6.45) is 5.23. The van der Waals surface area contributed by atoms with Crippen molar-refractivity contribution < 1.29 is 14.3 Å². The summed E-state index contributed by atoms with van der Waals surface area (Å²) in [7, 11) is 0. The Balaban J connectivity index is 1.36. The number of piperidine rings is 1. The first-order chi connectivity index (χ1) is 15.0. The molecule has 4 rings (SSSR count). The molecule has 0 spiro atoms. The molecule has 2 aliphatic heterocycles. The third kappa shape index (κ3) is 5.10. The van der Waals surface area contributed by atoms with E-state index in [1.54, 1.807) is 29.3 Å². The Kier molecular flexibility index (Phi) is 6.61. The summed E-state index contributed by atoms with van der Waals surface area (Å²) < 4.78 is 6.12. The Morgan fingerprint density at radius 1 is 1.16 bits per heavy atom. The van der Waals surface area contributed by atoms with Crippen molar-refractivity contribution in [2.24, 2.45) is 0 Å². The van der Waals surface area contributed by atoms with Gasteiger partial charge in [0.25, 0.3) is 0 Å². The number of carbonyl (C=O) groups excluding carboxylic acids is 2. The molecule has 0 unspecified atom stereocenters. The number of halogens is 1. The number of benzene rings is 1. The van der Waals surface area contributed by atoms with E-state index in [0.717, 1.165) is 38.2 Å². The van der Waals surface area contributed by atoms with Crippen LogP contribution in [-0.4, -0.2) is 53.5 Å². The van der Waals surface area contributed by atoms with E-state index in [1.165, 1.54) is 6.92 Å². The van der Waals surface area contributed by atoms with Gasteiger partial charge in [0.05, 0.1) is 11.6 Å². The van der Waals surface area contributed by atoms with Gasteiger partial charge in [-0.05, 0) is 49.6 Å². The van der Waals surface area contributed by atoms with Crippen LogP contribution in [0.1, 0.15) is 32.6 Å². The lowest BCUT2D eigenvalue weighted by Gasteiger charge is -2.33. The Hall–Kier alpha value is -2.80. The quantitative estimate of drug-likeness (QED) is 0.763. The number of rotatable bonds is 5. The molecule has 8 heteroatoms. The van der Waals surface area contributed by atoms with Crippen molar-refractivity contribution in [2.75, 3.05) is 29.9 Å². The van der Waals surface area contributed by atoms with Crippen molar-refractivity contribution in [1.82, 2.24) is 9.88 Å². The van der Waals surface area contributed by atoms with E-state index in [9.17, 15) is 9.59 Å². The maximum atomic E-state index is 12.7. The summed E-state index contributed by atoms with van der Waals surface area (Å²) >= 11 is 6.44. The second kappa shape index (κ2) is 9.56. The first-order valence-corrected chi connectivity index (χ1v) is 11.1. The van der Waals surface area contributed by atoms with E-state index >= 15 is 0 Å². The third-order valence-electron chi connectivity index (χ3n) is 5.82. The molecule has 7 nitrogen and oxygen atoms in total. The minimum atomic E-state index is -0.433. The SMILES string of the molecule is CC(=O)N1CCCC[C@@H]1C(=O)Nc1ccc(O[C@H]2CCN(c3ccccn3)C2)c(Cl)c1. The van der Waals surface area contributed by atoms with Crippen LogP contribution in [0.3, 0.4) is 0 Å². The number of hydrogen-bond acceptors (Lipinski definition) is 5. The zero-order valence-corrected chi connectivity index (χ0v) is 18.3. The van der Waals surface area contributed by atoms with Crippen molar-refractivity contribution in [2.45, 2.75) is 44.8 Å². The average molecular weight is 443 g/mol. The van der Waals surface area contributed by atoms with E-state index in [2.05, 4.69) is 15.2 Å². The zero-order valence-electron chi connectivity index (χ0n) is 17.6. The molecule has 3 heterocycles. The predicted octanol–water partition coefficient (Wildman–Crippen LogP) is 3.73. The van der Waals surface area contributed by atoms with Crippen molar-refractivity contribution in [3.63, 3.8) is 0 Å². The molecule has 2 amide bonds. The monoisotopic (exact) mass is 442 g/mol. The molecule has 1 N–H and O–H groups in total. The van der Waals surface area contributed by atoms with E-state index < -0.39 is 6.04 Å². The smallest absolute Gasteiger partial charge is 0.247 e. The Bertz CT molecular complexity index is 940. The molecule has 164 valence electrons. The molecule has 31 heavy (non-hydrogen) atoms. The maximum Gasteiger partial charge on any atom is 0.247 e. The molecule has 0 saturated carbocycles. The zero-order chi connectivity index (χ0) is 21.8. The first-order valence-electron chi connectivity index (χ1n) is 10.7. The molecule has 0 bridgehead atoms. The van der Waals surface area contributed by atoms with Gasteiger partial charge < -0.3 is 19.9 Å². The molecule has 1 aromatic carbocycles. The van der Waals surface area contributed by atoms with Crippen LogP contribution in [0.4, 0.5) is 11.5 Å². The van der Waals surface area contributed by atoms with Crippen molar-refractivity contribution in [3.8, 4) is 5.75 Å². The second-order valence-electron chi connectivity index (χ2n) is 8.02. The number of likely N-dealkylation sites (tertiary alicyclic amines) is 1. The number of amides is 2. The largest absolute Gasteiger partial charge is 0.487 e. The fourth-order valence-electron chi connectivity index (χ4n) is 4.23. The van der Waals surface area contributed by atoms with Crippen LogP contribution in [-0.2, 0) is 9.59 Å². The Morgan fingerprint density at radius 2 is 2.03 bits per heavy atom. The van der Waals surface area contributed by atoms with Crippen LogP contribution >= 0.6 is 11.6 Å². The summed E-state index contributed by atoms with van der Waals surface area (Å²) in [6.45, 7) is 3.75.